The molecule has 0 bridgehead atoms. The normalized spacial score (nSPS) is 16.7. The zero-order valence-electron chi connectivity index (χ0n) is 14.2. The maximum atomic E-state index is 11.8. The number of amides is 1. The van der Waals surface area contributed by atoms with Crippen molar-refractivity contribution in [1.29, 1.82) is 0 Å². The second-order valence-corrected chi connectivity index (χ2v) is 6.80. The Morgan fingerprint density at radius 3 is 2.92 bits per heavy atom. The number of aromatic nitrogens is 4. The number of ether oxygens (including phenoxy) is 1. The molecular weight excluding hydrogens is 362 g/mol. The molecule has 3 heterocycles. The topological polar surface area (TPSA) is 143 Å². The summed E-state index contributed by atoms with van der Waals surface area (Å²) in [6.45, 7) is 2.87. The van der Waals surface area contributed by atoms with Crippen LogP contribution in [0.5, 0.6) is 0 Å². The minimum absolute atomic E-state index is 0.0940. The molecular formula is C15H19N5O5S. The predicted octanol–water partition coefficient (Wildman–Crippen LogP) is -0.267. The third kappa shape index (κ3) is 4.82. The van der Waals surface area contributed by atoms with Crippen LogP contribution in [0.15, 0.2) is 19.2 Å². The number of aromatic amines is 2. The number of carbonyl (C=O) groups is 1. The second kappa shape index (κ2) is 8.32. The quantitative estimate of drug-likeness (QED) is 0.556. The third-order valence-electron chi connectivity index (χ3n) is 3.91. The Kier molecular flexibility index (Phi) is 5.89. The second-order valence-electron chi connectivity index (χ2n) is 5.88. The molecule has 0 aliphatic carbocycles. The highest BCUT2D eigenvalue weighted by Crippen LogP contribution is 2.17. The highest BCUT2D eigenvalue weighted by molar-refractivity contribution is 7.99. The number of thioether (sulfide) groups is 1. The Morgan fingerprint density at radius 1 is 1.35 bits per heavy atom. The molecule has 1 fully saturated rings. The molecule has 1 aliphatic heterocycles. The summed E-state index contributed by atoms with van der Waals surface area (Å²) in [6.07, 6.45) is 2.18. The van der Waals surface area contributed by atoms with Gasteiger partial charge in [0.15, 0.2) is 0 Å². The number of aryl methyl sites for hydroxylation is 1. The van der Waals surface area contributed by atoms with E-state index in [0.717, 1.165) is 31.2 Å². The molecule has 140 valence electrons. The number of hydrogen-bond donors (Lipinski definition) is 3. The molecule has 26 heavy (non-hydrogen) atoms. The van der Waals surface area contributed by atoms with Crippen LogP contribution < -0.4 is 16.6 Å². The van der Waals surface area contributed by atoms with Crippen LogP contribution in [0.25, 0.3) is 0 Å². The molecule has 3 N–H and O–H groups in total. The van der Waals surface area contributed by atoms with E-state index < -0.39 is 11.2 Å². The number of nitrogens with zero attached hydrogens (tertiary/aromatic N) is 2. The summed E-state index contributed by atoms with van der Waals surface area (Å²) >= 11 is 1.12. The van der Waals surface area contributed by atoms with E-state index in [4.69, 9.17) is 9.15 Å². The van der Waals surface area contributed by atoms with Crippen molar-refractivity contribution in [3.05, 3.63) is 38.0 Å². The van der Waals surface area contributed by atoms with Gasteiger partial charge in [0, 0.05) is 24.4 Å². The molecule has 1 atom stereocenters. The van der Waals surface area contributed by atoms with E-state index in [-0.39, 0.29) is 35.3 Å². The van der Waals surface area contributed by atoms with Gasteiger partial charge in [0.25, 0.3) is 10.8 Å². The van der Waals surface area contributed by atoms with Gasteiger partial charge in [-0.25, -0.2) is 4.79 Å². The zero-order valence-corrected chi connectivity index (χ0v) is 15.0. The van der Waals surface area contributed by atoms with Gasteiger partial charge in [0.05, 0.1) is 18.3 Å². The average Bonchev–Trinajstić information content (AvgIpc) is 3.26. The van der Waals surface area contributed by atoms with Gasteiger partial charge in [0.2, 0.25) is 11.8 Å². The van der Waals surface area contributed by atoms with Crippen LogP contribution in [-0.2, 0) is 16.0 Å². The number of rotatable bonds is 7. The fraction of sp³-hybridized carbons (Fsp3) is 0.533. The first-order valence-electron chi connectivity index (χ1n) is 8.17. The number of carbonyl (C=O) groups excluding carboxylic acids is 1. The Labute approximate surface area is 152 Å². The Bertz CT molecular complexity index is 883. The van der Waals surface area contributed by atoms with E-state index in [1.165, 1.54) is 0 Å². The van der Waals surface area contributed by atoms with E-state index in [2.05, 4.69) is 25.5 Å². The third-order valence-corrected chi connectivity index (χ3v) is 4.73. The van der Waals surface area contributed by atoms with E-state index in [1.807, 2.05) is 0 Å². The van der Waals surface area contributed by atoms with E-state index in [9.17, 15) is 14.4 Å². The standard InChI is InChI=1S/C15H19N5O5S/c1-8-10(13(22)18-14(23)17-8)5-12-19-20-15(25-12)26-7-11(21)16-6-9-3-2-4-24-9/h9H,2-7H2,1H3,(H,16,21)(H2,17,18,22,23). The smallest absolute Gasteiger partial charge is 0.325 e. The van der Waals surface area contributed by atoms with Gasteiger partial charge >= 0.3 is 5.69 Å². The minimum atomic E-state index is -0.563. The van der Waals surface area contributed by atoms with Crippen molar-refractivity contribution in [2.24, 2.45) is 0 Å². The molecule has 0 saturated carbocycles. The summed E-state index contributed by atoms with van der Waals surface area (Å²) in [5.41, 5.74) is -0.266. The van der Waals surface area contributed by atoms with Crippen LogP contribution in [0, 0.1) is 6.92 Å². The van der Waals surface area contributed by atoms with Gasteiger partial charge in [-0.1, -0.05) is 11.8 Å². The Morgan fingerprint density at radius 2 is 2.19 bits per heavy atom. The van der Waals surface area contributed by atoms with Gasteiger partial charge in [-0.3, -0.25) is 14.6 Å². The number of hydrogen-bond acceptors (Lipinski definition) is 8. The Balaban J connectivity index is 1.51. The van der Waals surface area contributed by atoms with Crippen LogP contribution in [0.4, 0.5) is 0 Å². The SMILES string of the molecule is Cc1[nH]c(=O)[nH]c(=O)c1Cc1nnc(SCC(=O)NCC2CCCO2)o1. The molecule has 0 spiro atoms. The molecule has 1 aliphatic rings. The maximum Gasteiger partial charge on any atom is 0.325 e. The molecule has 3 rings (SSSR count). The fourth-order valence-corrected chi connectivity index (χ4v) is 3.18. The van der Waals surface area contributed by atoms with Gasteiger partial charge in [-0.2, -0.15) is 0 Å². The molecule has 2 aromatic rings. The highest BCUT2D eigenvalue weighted by atomic mass is 32.2. The van der Waals surface area contributed by atoms with Crippen LogP contribution in [-0.4, -0.2) is 51.1 Å². The van der Waals surface area contributed by atoms with Gasteiger partial charge in [-0.15, -0.1) is 10.2 Å². The van der Waals surface area contributed by atoms with Crippen LogP contribution in [0.1, 0.15) is 30.0 Å². The van der Waals surface area contributed by atoms with Crippen LogP contribution in [0.2, 0.25) is 0 Å². The van der Waals surface area contributed by atoms with Crippen LogP contribution in [0.3, 0.4) is 0 Å². The van der Waals surface area contributed by atoms with Crippen molar-refractivity contribution >= 4 is 17.7 Å². The molecule has 10 nitrogen and oxygen atoms in total. The minimum Gasteiger partial charge on any atom is -0.416 e. The van der Waals surface area contributed by atoms with Gasteiger partial charge < -0.3 is 19.5 Å². The molecule has 1 amide bonds. The summed E-state index contributed by atoms with van der Waals surface area (Å²) in [5.74, 6) is 0.234. The first-order valence-corrected chi connectivity index (χ1v) is 9.15. The van der Waals surface area contributed by atoms with Gasteiger partial charge in [-0.05, 0) is 19.8 Å². The predicted molar refractivity (Wildman–Crippen MR) is 92.2 cm³/mol. The molecule has 0 radical (unpaired) electrons. The largest absolute Gasteiger partial charge is 0.416 e. The summed E-state index contributed by atoms with van der Waals surface area (Å²) in [7, 11) is 0. The van der Waals surface area contributed by atoms with Crippen molar-refractivity contribution < 1.29 is 13.9 Å². The molecule has 11 heteroatoms. The van der Waals surface area contributed by atoms with Crippen LogP contribution >= 0.6 is 11.8 Å². The average molecular weight is 381 g/mol. The molecule has 1 saturated heterocycles. The van der Waals surface area contributed by atoms with E-state index in [1.54, 1.807) is 6.92 Å². The first-order chi connectivity index (χ1) is 12.5. The summed E-state index contributed by atoms with van der Waals surface area (Å²) in [6, 6.07) is 0. The summed E-state index contributed by atoms with van der Waals surface area (Å²) < 4.78 is 10.9. The monoisotopic (exact) mass is 381 g/mol. The van der Waals surface area contributed by atoms with E-state index in [0.29, 0.717) is 17.8 Å². The van der Waals surface area contributed by atoms with Crippen molar-refractivity contribution in [2.75, 3.05) is 18.9 Å². The van der Waals surface area contributed by atoms with Crippen molar-refractivity contribution in [3.63, 3.8) is 0 Å². The highest BCUT2D eigenvalue weighted by Gasteiger charge is 2.17. The first kappa shape index (κ1) is 18.4. The van der Waals surface area contributed by atoms with Crippen molar-refractivity contribution in [2.45, 2.75) is 37.5 Å². The van der Waals surface area contributed by atoms with Gasteiger partial charge in [0.1, 0.15) is 0 Å². The maximum absolute atomic E-state index is 11.8. The Hall–Kier alpha value is -2.40. The molecule has 0 aromatic carbocycles. The lowest BCUT2D eigenvalue weighted by Crippen LogP contribution is -2.32. The van der Waals surface area contributed by atoms with E-state index >= 15 is 0 Å². The summed E-state index contributed by atoms with van der Waals surface area (Å²) in [5, 5.41) is 10.8. The summed E-state index contributed by atoms with van der Waals surface area (Å²) in [4.78, 5) is 39.5. The lowest BCUT2D eigenvalue weighted by atomic mass is 10.2. The lowest BCUT2D eigenvalue weighted by molar-refractivity contribution is -0.119. The zero-order chi connectivity index (χ0) is 18.5. The number of nitrogens with one attached hydrogen (secondary N) is 3. The number of H-pyrrole nitrogens is 2. The molecule has 1 unspecified atom stereocenters. The molecule has 2 aromatic heterocycles. The lowest BCUT2D eigenvalue weighted by Gasteiger charge is -2.09. The fourth-order valence-electron chi connectivity index (χ4n) is 2.57. The van der Waals surface area contributed by atoms with Crippen molar-refractivity contribution in [1.82, 2.24) is 25.5 Å². The van der Waals surface area contributed by atoms with Crippen molar-refractivity contribution in [3.8, 4) is 0 Å².